The van der Waals surface area contributed by atoms with Crippen LogP contribution in [0.25, 0.3) is 27.7 Å². The first-order valence-electron chi connectivity index (χ1n) is 12.4. The number of fused-ring (bicyclic) bond motifs is 1. The van der Waals surface area contributed by atoms with Crippen LogP contribution in [0.15, 0.2) is 96.1 Å². The second-order valence-corrected chi connectivity index (χ2v) is 10.7. The van der Waals surface area contributed by atoms with E-state index in [1.807, 2.05) is 25.3 Å². The van der Waals surface area contributed by atoms with E-state index in [-0.39, 0.29) is 5.41 Å². The first kappa shape index (κ1) is 28.3. The number of anilines is 1. The molecule has 38 heavy (non-hydrogen) atoms. The Kier molecular flexibility index (Phi) is 9.17. The van der Waals surface area contributed by atoms with Gasteiger partial charge in [0, 0.05) is 46.2 Å². The molecule has 0 saturated carbocycles. The molecule has 0 aliphatic heterocycles. The van der Waals surface area contributed by atoms with Crippen LogP contribution < -0.4 is 11.1 Å². The molecule has 4 nitrogen and oxygen atoms in total. The molecule has 0 unspecified atom stereocenters. The first-order valence-corrected chi connectivity index (χ1v) is 13.3. The molecular formula is C33H36N4S. The summed E-state index contributed by atoms with van der Waals surface area (Å²) in [4.78, 5) is 8.05. The van der Waals surface area contributed by atoms with Gasteiger partial charge in [-0.2, -0.15) is 11.3 Å². The van der Waals surface area contributed by atoms with Crippen molar-refractivity contribution in [1.29, 1.82) is 0 Å². The number of thiophene rings is 1. The Morgan fingerprint density at radius 1 is 1.18 bits per heavy atom. The van der Waals surface area contributed by atoms with E-state index in [1.165, 1.54) is 11.1 Å². The smallest absolute Gasteiger partial charge is 0.138 e. The molecule has 0 aliphatic rings. The van der Waals surface area contributed by atoms with Gasteiger partial charge in [0.25, 0.3) is 0 Å². The van der Waals surface area contributed by atoms with Crippen LogP contribution in [0.5, 0.6) is 0 Å². The molecule has 1 aromatic carbocycles. The van der Waals surface area contributed by atoms with Crippen LogP contribution in [0, 0.1) is 18.3 Å². The topological polar surface area (TPSA) is 66.7 Å². The number of hydrogen-bond donors (Lipinski definition) is 3. The van der Waals surface area contributed by atoms with Crippen molar-refractivity contribution in [3.63, 3.8) is 0 Å². The number of nitrogens with zero attached hydrogens (tertiary/aromatic N) is 1. The number of hydrogen-bond acceptors (Lipinski definition) is 4. The maximum absolute atomic E-state index is 6.42. The van der Waals surface area contributed by atoms with Crippen molar-refractivity contribution >= 4 is 33.6 Å². The summed E-state index contributed by atoms with van der Waals surface area (Å²) in [5.41, 5.74) is 16.6. The van der Waals surface area contributed by atoms with E-state index >= 15 is 0 Å². The fraction of sp³-hybridized carbons (Fsp3) is 0.182. The number of nitrogens with two attached hydrogens (primary N) is 1. The fourth-order valence-corrected chi connectivity index (χ4v) is 4.65. The van der Waals surface area contributed by atoms with Gasteiger partial charge in [0.1, 0.15) is 5.65 Å². The Bertz CT molecular complexity index is 1510. The molecule has 0 atom stereocenters. The predicted molar refractivity (Wildman–Crippen MR) is 167 cm³/mol. The Labute approximate surface area is 230 Å². The number of nitrogens with one attached hydrogen (secondary N) is 2. The molecule has 0 fully saturated rings. The number of benzene rings is 1. The maximum atomic E-state index is 6.42. The van der Waals surface area contributed by atoms with E-state index in [9.17, 15) is 0 Å². The van der Waals surface area contributed by atoms with Crippen molar-refractivity contribution in [3.05, 3.63) is 113 Å². The van der Waals surface area contributed by atoms with Crippen molar-refractivity contribution in [2.45, 2.75) is 34.1 Å². The van der Waals surface area contributed by atoms with Gasteiger partial charge in [-0.3, -0.25) is 0 Å². The number of aromatic nitrogens is 2. The second kappa shape index (κ2) is 12.3. The Morgan fingerprint density at radius 2 is 1.95 bits per heavy atom. The molecule has 0 amide bonds. The standard InChI is InChI=1S/C31H34N4S.C2H2/c1-7-21(16-25(8-2)34-20(3)31(4,5)6)22-9-10-29(32)24(15-22)17-26-18-28-27(23-12-14-36-19-23)11-13-33-30(28)35-26;1-2/h7-16,18-19,34H,2-3,17,32H2,1,4-6H3,(H,33,35);1-2H/b21-7+,25-16+;. The third kappa shape index (κ3) is 6.53. The zero-order valence-electron chi connectivity index (χ0n) is 22.6. The third-order valence-corrected chi connectivity index (χ3v) is 7.00. The molecule has 0 aliphatic carbocycles. The van der Waals surface area contributed by atoms with Crippen LogP contribution in [0.4, 0.5) is 5.69 Å². The fourth-order valence-electron chi connectivity index (χ4n) is 4.00. The Morgan fingerprint density at radius 3 is 2.58 bits per heavy atom. The minimum atomic E-state index is -0.0513. The zero-order chi connectivity index (χ0) is 27.9. The van der Waals surface area contributed by atoms with Crippen molar-refractivity contribution in [2.75, 3.05) is 5.73 Å². The minimum absolute atomic E-state index is 0.0513. The van der Waals surface area contributed by atoms with Gasteiger partial charge < -0.3 is 16.0 Å². The highest BCUT2D eigenvalue weighted by molar-refractivity contribution is 7.08. The second-order valence-electron chi connectivity index (χ2n) is 9.92. The van der Waals surface area contributed by atoms with Crippen LogP contribution in [0.2, 0.25) is 0 Å². The van der Waals surface area contributed by atoms with Crippen LogP contribution in [-0.4, -0.2) is 9.97 Å². The molecule has 194 valence electrons. The number of rotatable bonds is 8. The van der Waals surface area contributed by atoms with E-state index in [1.54, 1.807) is 11.3 Å². The van der Waals surface area contributed by atoms with Gasteiger partial charge >= 0.3 is 0 Å². The van der Waals surface area contributed by atoms with Crippen LogP contribution >= 0.6 is 11.3 Å². The summed E-state index contributed by atoms with van der Waals surface area (Å²) in [6.07, 6.45) is 16.6. The molecule has 4 rings (SSSR count). The molecule has 0 saturated heterocycles. The highest BCUT2D eigenvalue weighted by atomic mass is 32.1. The lowest BCUT2D eigenvalue weighted by Gasteiger charge is -2.24. The van der Waals surface area contributed by atoms with Gasteiger partial charge in [0.2, 0.25) is 0 Å². The molecule has 0 spiro atoms. The molecule has 0 radical (unpaired) electrons. The number of nitrogen functional groups attached to an aromatic ring is 1. The monoisotopic (exact) mass is 520 g/mol. The van der Waals surface area contributed by atoms with Gasteiger partial charge in [0.15, 0.2) is 0 Å². The van der Waals surface area contributed by atoms with Crippen molar-refractivity contribution < 1.29 is 0 Å². The normalized spacial score (nSPS) is 12.1. The quantitative estimate of drug-likeness (QED) is 0.124. The lowest BCUT2D eigenvalue weighted by Crippen LogP contribution is -2.22. The summed E-state index contributed by atoms with van der Waals surface area (Å²) >= 11 is 1.70. The van der Waals surface area contributed by atoms with Gasteiger partial charge in [-0.1, -0.05) is 46.1 Å². The lowest BCUT2D eigenvalue weighted by atomic mass is 9.92. The van der Waals surface area contributed by atoms with E-state index in [0.29, 0.717) is 6.42 Å². The molecule has 4 N–H and O–H groups in total. The first-order chi connectivity index (χ1) is 18.2. The molecule has 3 aromatic heterocycles. The zero-order valence-corrected chi connectivity index (χ0v) is 23.5. The van der Waals surface area contributed by atoms with Gasteiger partial charge in [-0.15, -0.1) is 12.8 Å². The van der Waals surface area contributed by atoms with Crippen LogP contribution in [0.1, 0.15) is 44.5 Å². The molecule has 0 bridgehead atoms. The van der Waals surface area contributed by atoms with E-state index < -0.39 is 0 Å². The molecule has 5 heteroatoms. The van der Waals surface area contributed by atoms with Gasteiger partial charge in [0.05, 0.1) is 0 Å². The predicted octanol–water partition coefficient (Wildman–Crippen LogP) is 8.34. The summed E-state index contributed by atoms with van der Waals surface area (Å²) < 4.78 is 0. The summed E-state index contributed by atoms with van der Waals surface area (Å²) in [6, 6.07) is 12.6. The average Bonchev–Trinajstić information content (AvgIpc) is 3.58. The molecule has 4 aromatic rings. The SMILES string of the molecule is C#C.C=C/C(=C\C(=C/C)c1ccc(N)c(Cc2cc3c(-c4ccsc4)ccnc3[nH]2)c1)NC(=C)C(C)(C)C. The van der Waals surface area contributed by atoms with E-state index in [0.717, 1.165) is 50.5 Å². The summed E-state index contributed by atoms with van der Waals surface area (Å²) in [5.74, 6) is 0. The highest BCUT2D eigenvalue weighted by Crippen LogP contribution is 2.31. The van der Waals surface area contributed by atoms with Crippen molar-refractivity contribution in [3.8, 4) is 24.0 Å². The van der Waals surface area contributed by atoms with E-state index in [4.69, 9.17) is 5.73 Å². The van der Waals surface area contributed by atoms with Crippen molar-refractivity contribution in [1.82, 2.24) is 15.3 Å². The van der Waals surface area contributed by atoms with Gasteiger partial charge in [-0.05, 0) is 88.0 Å². The lowest BCUT2D eigenvalue weighted by molar-refractivity contribution is 0.478. The molecular weight excluding hydrogens is 484 g/mol. The minimum Gasteiger partial charge on any atom is -0.398 e. The number of aromatic amines is 1. The summed E-state index contributed by atoms with van der Waals surface area (Å²) in [5, 5.41) is 8.80. The number of H-pyrrole nitrogens is 1. The Hall–Kier alpha value is -4.27. The third-order valence-electron chi connectivity index (χ3n) is 6.32. The van der Waals surface area contributed by atoms with Gasteiger partial charge in [-0.25, -0.2) is 4.98 Å². The summed E-state index contributed by atoms with van der Waals surface area (Å²) in [6.45, 7) is 16.6. The number of terminal acetylenes is 1. The summed E-state index contributed by atoms with van der Waals surface area (Å²) in [7, 11) is 0. The van der Waals surface area contributed by atoms with E-state index in [2.05, 4.69) is 115 Å². The Balaban J connectivity index is 0.00000195. The average molecular weight is 521 g/mol. The number of pyridine rings is 1. The van der Waals surface area contributed by atoms with Crippen LogP contribution in [0.3, 0.4) is 0 Å². The highest BCUT2D eigenvalue weighted by Gasteiger charge is 2.15. The van der Waals surface area contributed by atoms with Crippen molar-refractivity contribution in [2.24, 2.45) is 5.41 Å². The number of allylic oxidation sites excluding steroid dienone is 5. The van der Waals surface area contributed by atoms with Crippen LogP contribution in [-0.2, 0) is 6.42 Å². The largest absolute Gasteiger partial charge is 0.398 e. The molecule has 3 heterocycles. The maximum Gasteiger partial charge on any atom is 0.138 e.